The van der Waals surface area contributed by atoms with E-state index < -0.39 is 5.91 Å². The van der Waals surface area contributed by atoms with Gasteiger partial charge in [0.05, 0.1) is 4.91 Å². The van der Waals surface area contributed by atoms with Crippen LogP contribution in [0, 0.1) is 0 Å². The summed E-state index contributed by atoms with van der Waals surface area (Å²) in [5, 5.41) is 2.63. The van der Waals surface area contributed by atoms with E-state index in [0.717, 1.165) is 32.7 Å². The summed E-state index contributed by atoms with van der Waals surface area (Å²) in [5.41, 5.74) is 2.30. The molecule has 4 heterocycles. The molecular weight excluding hydrogens is 394 g/mol. The summed E-state index contributed by atoms with van der Waals surface area (Å²) < 4.78 is 6.73. The number of carbonyl (C=O) groups is 2. The van der Waals surface area contributed by atoms with Crippen molar-refractivity contribution in [3.63, 3.8) is 0 Å². The zero-order chi connectivity index (χ0) is 16.7. The fourth-order valence-corrected chi connectivity index (χ4v) is 3.40. The van der Waals surface area contributed by atoms with Crippen molar-refractivity contribution in [1.29, 1.82) is 0 Å². The van der Waals surface area contributed by atoms with Gasteiger partial charge in [-0.3, -0.25) is 24.9 Å². The number of thioether (sulfide) groups is 1. The molecule has 0 spiro atoms. The molecule has 6 nitrogen and oxygen atoms in total. The number of halogens is 1. The smallest absolute Gasteiger partial charge is 0.290 e. The van der Waals surface area contributed by atoms with E-state index in [4.69, 9.17) is 4.42 Å². The molecule has 0 aromatic carbocycles. The number of nitrogens with one attached hydrogen (secondary N) is 1. The van der Waals surface area contributed by atoms with Gasteiger partial charge in [0, 0.05) is 51.8 Å². The highest BCUT2D eigenvalue weighted by Crippen LogP contribution is 2.33. The summed E-state index contributed by atoms with van der Waals surface area (Å²) in [7, 11) is 0. The van der Waals surface area contributed by atoms with Crippen molar-refractivity contribution in [1.82, 2.24) is 15.3 Å². The maximum atomic E-state index is 11.6. The number of amides is 2. The molecule has 3 aromatic rings. The minimum atomic E-state index is -0.417. The molecule has 0 bridgehead atoms. The van der Waals surface area contributed by atoms with Gasteiger partial charge in [0.25, 0.3) is 11.1 Å². The van der Waals surface area contributed by atoms with Gasteiger partial charge >= 0.3 is 0 Å². The Morgan fingerprint density at radius 2 is 1.96 bits per heavy atom. The average molecular weight is 402 g/mol. The third-order valence-electron chi connectivity index (χ3n) is 3.37. The Balaban J connectivity index is 1.82. The molecule has 118 valence electrons. The van der Waals surface area contributed by atoms with Crippen molar-refractivity contribution >= 4 is 55.9 Å². The molecule has 2 amide bonds. The van der Waals surface area contributed by atoms with Crippen LogP contribution in [0.25, 0.3) is 28.2 Å². The van der Waals surface area contributed by atoms with Gasteiger partial charge in [0.2, 0.25) is 0 Å². The number of fused-ring (bicyclic) bond motifs is 1. The van der Waals surface area contributed by atoms with Crippen LogP contribution >= 0.6 is 27.7 Å². The number of carbonyl (C=O) groups excluding carboxylic acids is 2. The van der Waals surface area contributed by atoms with Crippen molar-refractivity contribution in [2.24, 2.45) is 0 Å². The second kappa shape index (κ2) is 5.88. The molecule has 0 unspecified atom stereocenters. The van der Waals surface area contributed by atoms with Gasteiger partial charge in [0.15, 0.2) is 0 Å². The lowest BCUT2D eigenvalue weighted by molar-refractivity contribution is -0.115. The summed E-state index contributed by atoms with van der Waals surface area (Å²) in [6.07, 6.45) is 8.35. The number of hydrogen-bond donors (Lipinski definition) is 1. The summed E-state index contributed by atoms with van der Waals surface area (Å²) in [6, 6.07) is 3.70. The highest BCUT2D eigenvalue weighted by atomic mass is 79.9. The van der Waals surface area contributed by atoms with Gasteiger partial charge < -0.3 is 4.42 Å². The molecule has 0 radical (unpaired) electrons. The zero-order valence-corrected chi connectivity index (χ0v) is 14.3. The molecule has 1 saturated heterocycles. The van der Waals surface area contributed by atoms with E-state index in [2.05, 4.69) is 31.2 Å². The van der Waals surface area contributed by atoms with Crippen LogP contribution in [0.3, 0.4) is 0 Å². The van der Waals surface area contributed by atoms with E-state index in [1.165, 1.54) is 0 Å². The normalized spacial score (nSPS) is 16.1. The summed E-state index contributed by atoms with van der Waals surface area (Å²) >= 11 is 4.25. The number of nitrogens with zero attached hydrogens (tertiary/aromatic N) is 2. The Bertz CT molecular complexity index is 1030. The van der Waals surface area contributed by atoms with Crippen LogP contribution in [0.5, 0.6) is 0 Å². The Morgan fingerprint density at radius 3 is 2.71 bits per heavy atom. The van der Waals surface area contributed by atoms with E-state index in [1.807, 2.05) is 6.07 Å². The van der Waals surface area contributed by atoms with Crippen LogP contribution < -0.4 is 5.32 Å². The van der Waals surface area contributed by atoms with Crippen molar-refractivity contribution in [2.75, 3.05) is 0 Å². The fourth-order valence-electron chi connectivity index (χ4n) is 2.37. The van der Waals surface area contributed by atoms with E-state index in [0.29, 0.717) is 16.2 Å². The van der Waals surface area contributed by atoms with Crippen molar-refractivity contribution in [3.05, 3.63) is 52.1 Å². The van der Waals surface area contributed by atoms with Crippen LogP contribution in [0.2, 0.25) is 0 Å². The lowest BCUT2D eigenvalue weighted by Crippen LogP contribution is -2.17. The largest absolute Gasteiger partial charge is 0.456 e. The monoisotopic (exact) mass is 401 g/mol. The highest BCUT2D eigenvalue weighted by molar-refractivity contribution is 9.10. The van der Waals surface area contributed by atoms with E-state index in [9.17, 15) is 9.59 Å². The standard InChI is InChI=1S/C16H8BrN3O3S/c17-10-1-8(4-18-6-10)12-7-19-5-9-2-11(23-14(9)12)3-13-15(21)20-16(22)24-13/h1-7H,(H,20,21,22)/b13-3-. The van der Waals surface area contributed by atoms with Crippen LogP contribution in [-0.4, -0.2) is 21.1 Å². The molecule has 0 aliphatic carbocycles. The maximum Gasteiger partial charge on any atom is 0.290 e. The zero-order valence-electron chi connectivity index (χ0n) is 11.9. The first-order valence-electron chi connectivity index (χ1n) is 6.83. The molecule has 3 aromatic heterocycles. The Hall–Kier alpha value is -2.45. The number of aromatic nitrogens is 2. The quantitative estimate of drug-likeness (QED) is 0.653. The summed E-state index contributed by atoms with van der Waals surface area (Å²) in [5.74, 6) is 0.0644. The third-order valence-corrected chi connectivity index (χ3v) is 4.62. The number of imide groups is 1. The number of hydrogen-bond acceptors (Lipinski definition) is 6. The van der Waals surface area contributed by atoms with Gasteiger partial charge in [-0.05, 0) is 39.8 Å². The highest BCUT2D eigenvalue weighted by Gasteiger charge is 2.25. The van der Waals surface area contributed by atoms with Crippen LogP contribution in [-0.2, 0) is 4.79 Å². The fraction of sp³-hybridized carbons (Fsp3) is 0. The van der Waals surface area contributed by atoms with Crippen LogP contribution in [0.4, 0.5) is 4.79 Å². The third kappa shape index (κ3) is 2.74. The molecule has 1 aliphatic rings. The van der Waals surface area contributed by atoms with Gasteiger partial charge in [-0.15, -0.1) is 0 Å². The van der Waals surface area contributed by atoms with Crippen molar-refractivity contribution in [3.8, 4) is 11.1 Å². The summed E-state index contributed by atoms with van der Waals surface area (Å²) in [4.78, 5) is 31.6. The van der Waals surface area contributed by atoms with Crippen molar-refractivity contribution < 1.29 is 14.0 Å². The van der Waals surface area contributed by atoms with Gasteiger partial charge in [-0.2, -0.15) is 0 Å². The molecular formula is C16H8BrN3O3S. The summed E-state index contributed by atoms with van der Waals surface area (Å²) in [6.45, 7) is 0. The first-order chi connectivity index (χ1) is 11.6. The molecule has 1 aliphatic heterocycles. The first kappa shape index (κ1) is 15.1. The molecule has 0 saturated carbocycles. The van der Waals surface area contributed by atoms with E-state index >= 15 is 0 Å². The molecule has 24 heavy (non-hydrogen) atoms. The molecule has 0 atom stereocenters. The SMILES string of the molecule is O=C1NC(=O)/C(=C/c2cc3cncc(-c4cncc(Br)c4)c3o2)S1. The number of furan rings is 1. The molecule has 1 fully saturated rings. The minimum Gasteiger partial charge on any atom is -0.456 e. The van der Waals surface area contributed by atoms with Crippen LogP contribution in [0.1, 0.15) is 5.76 Å². The second-order valence-electron chi connectivity index (χ2n) is 5.00. The predicted octanol–water partition coefficient (Wildman–Crippen LogP) is 3.98. The van der Waals surface area contributed by atoms with Crippen LogP contribution in [0.15, 0.2) is 50.7 Å². The van der Waals surface area contributed by atoms with E-state index in [1.54, 1.807) is 36.9 Å². The number of rotatable bonds is 2. The van der Waals surface area contributed by atoms with Crippen molar-refractivity contribution in [2.45, 2.75) is 0 Å². The Labute approximate surface area is 148 Å². The molecule has 8 heteroatoms. The van der Waals surface area contributed by atoms with Gasteiger partial charge in [0.1, 0.15) is 11.3 Å². The van der Waals surface area contributed by atoms with Gasteiger partial charge in [-0.25, -0.2) is 0 Å². The minimum absolute atomic E-state index is 0.303. The Kier molecular flexibility index (Phi) is 3.70. The molecule has 1 N–H and O–H groups in total. The average Bonchev–Trinajstić information content (AvgIpc) is 3.09. The number of pyridine rings is 2. The van der Waals surface area contributed by atoms with E-state index in [-0.39, 0.29) is 5.24 Å². The maximum absolute atomic E-state index is 11.6. The second-order valence-corrected chi connectivity index (χ2v) is 6.93. The lowest BCUT2D eigenvalue weighted by atomic mass is 10.1. The molecule has 4 rings (SSSR count). The predicted molar refractivity (Wildman–Crippen MR) is 94.0 cm³/mol. The lowest BCUT2D eigenvalue weighted by Gasteiger charge is -2.01. The first-order valence-corrected chi connectivity index (χ1v) is 8.44. The topological polar surface area (TPSA) is 85.1 Å². The van der Waals surface area contributed by atoms with Gasteiger partial charge in [-0.1, -0.05) is 0 Å². The Morgan fingerprint density at radius 1 is 1.12 bits per heavy atom.